The Morgan fingerprint density at radius 2 is 1.66 bits per heavy atom. The number of carbonyl (C=O) groups excluding carboxylic acids is 3. The van der Waals surface area contributed by atoms with Gasteiger partial charge in [-0.3, -0.25) is 18.8 Å². The van der Waals surface area contributed by atoms with Crippen LogP contribution in [0.3, 0.4) is 0 Å². The van der Waals surface area contributed by atoms with Gasteiger partial charge in [0.25, 0.3) is 5.91 Å². The van der Waals surface area contributed by atoms with Gasteiger partial charge in [0, 0.05) is 52.4 Å². The van der Waals surface area contributed by atoms with Crippen LogP contribution >= 0.6 is 0 Å². The molecule has 32 heavy (non-hydrogen) atoms. The number of pyridine rings is 1. The molecule has 3 N–H and O–H groups in total. The summed E-state index contributed by atoms with van der Waals surface area (Å²) in [6, 6.07) is 11.2. The van der Waals surface area contributed by atoms with Gasteiger partial charge in [-0.25, -0.2) is 4.98 Å². The summed E-state index contributed by atoms with van der Waals surface area (Å²) in [4.78, 5) is 41.3. The van der Waals surface area contributed by atoms with Crippen LogP contribution in [0.4, 0.5) is 11.5 Å². The molecular weight excluding hydrogens is 408 g/mol. The van der Waals surface area contributed by atoms with Crippen LogP contribution in [0.5, 0.6) is 0 Å². The van der Waals surface area contributed by atoms with Crippen LogP contribution in [0.25, 0.3) is 5.65 Å². The summed E-state index contributed by atoms with van der Waals surface area (Å²) >= 11 is 0. The summed E-state index contributed by atoms with van der Waals surface area (Å²) in [7, 11) is 1.97. The smallest absolute Gasteiger partial charge is 0.252 e. The SMILES string of the molecule is CC(=O)NCCNC(=O)c1ccc2nc(C)c(N(C)Cc3ccc(NC(C)=O)cc3)n2c1. The molecule has 3 amide bonds. The normalized spacial score (nSPS) is 10.6. The van der Waals surface area contributed by atoms with Crippen molar-refractivity contribution in [1.82, 2.24) is 20.0 Å². The van der Waals surface area contributed by atoms with E-state index in [1.165, 1.54) is 13.8 Å². The van der Waals surface area contributed by atoms with Crippen LogP contribution in [0.15, 0.2) is 42.6 Å². The topological polar surface area (TPSA) is 108 Å². The largest absolute Gasteiger partial charge is 0.355 e. The zero-order valence-corrected chi connectivity index (χ0v) is 18.7. The highest BCUT2D eigenvalue weighted by atomic mass is 16.2. The fourth-order valence-corrected chi connectivity index (χ4v) is 3.51. The number of nitrogens with zero attached hydrogens (tertiary/aromatic N) is 3. The fourth-order valence-electron chi connectivity index (χ4n) is 3.51. The van der Waals surface area contributed by atoms with Crippen molar-refractivity contribution in [3.63, 3.8) is 0 Å². The van der Waals surface area contributed by atoms with Gasteiger partial charge in [0.2, 0.25) is 11.8 Å². The number of hydrogen-bond acceptors (Lipinski definition) is 5. The molecule has 0 radical (unpaired) electrons. The molecule has 0 bridgehead atoms. The number of anilines is 2. The fraction of sp³-hybridized carbons (Fsp3) is 0.304. The molecule has 0 saturated carbocycles. The molecule has 0 fully saturated rings. The zero-order valence-electron chi connectivity index (χ0n) is 18.7. The Bertz CT molecular complexity index is 1140. The Labute approximate surface area is 186 Å². The highest BCUT2D eigenvalue weighted by molar-refractivity contribution is 5.94. The molecule has 0 unspecified atom stereocenters. The molecule has 3 aromatic rings. The molecule has 2 aromatic heterocycles. The molecule has 0 aliphatic carbocycles. The second-order valence-electron chi connectivity index (χ2n) is 7.64. The lowest BCUT2D eigenvalue weighted by atomic mass is 10.2. The van der Waals surface area contributed by atoms with Gasteiger partial charge in [-0.1, -0.05) is 12.1 Å². The highest BCUT2D eigenvalue weighted by Crippen LogP contribution is 2.23. The van der Waals surface area contributed by atoms with Crippen molar-refractivity contribution in [3.8, 4) is 0 Å². The van der Waals surface area contributed by atoms with Crippen LogP contribution in [-0.4, -0.2) is 47.2 Å². The van der Waals surface area contributed by atoms with Gasteiger partial charge >= 0.3 is 0 Å². The Balaban J connectivity index is 1.76. The Hall–Kier alpha value is -3.88. The third-order valence-corrected chi connectivity index (χ3v) is 4.86. The van der Waals surface area contributed by atoms with Gasteiger partial charge in [-0.05, 0) is 36.8 Å². The average molecular weight is 437 g/mol. The van der Waals surface area contributed by atoms with Crippen molar-refractivity contribution in [2.75, 3.05) is 30.4 Å². The van der Waals surface area contributed by atoms with Crippen molar-refractivity contribution in [3.05, 3.63) is 59.4 Å². The number of imidazole rings is 1. The maximum Gasteiger partial charge on any atom is 0.252 e. The van der Waals surface area contributed by atoms with E-state index in [-0.39, 0.29) is 17.7 Å². The van der Waals surface area contributed by atoms with Gasteiger partial charge in [-0.2, -0.15) is 0 Å². The number of amides is 3. The third-order valence-electron chi connectivity index (χ3n) is 4.86. The first-order valence-electron chi connectivity index (χ1n) is 10.3. The monoisotopic (exact) mass is 436 g/mol. The number of aryl methyl sites for hydroxylation is 1. The standard InChI is InChI=1S/C23H28N6O3/c1-15-23(28(4)13-18-5-8-20(9-6-18)27-17(3)31)29-14-19(7-10-21(29)26-15)22(32)25-12-11-24-16(2)30/h5-10,14H,11-13H2,1-4H3,(H,24,30)(H,25,32)(H,27,31). The van der Waals surface area contributed by atoms with Gasteiger partial charge in [-0.15, -0.1) is 0 Å². The number of benzene rings is 1. The second-order valence-corrected chi connectivity index (χ2v) is 7.64. The molecule has 2 heterocycles. The van der Waals surface area contributed by atoms with E-state index >= 15 is 0 Å². The lowest BCUT2D eigenvalue weighted by molar-refractivity contribution is -0.119. The van der Waals surface area contributed by atoms with Crippen LogP contribution in [0.1, 0.15) is 35.5 Å². The highest BCUT2D eigenvalue weighted by Gasteiger charge is 2.15. The molecule has 3 rings (SSSR count). The van der Waals surface area contributed by atoms with E-state index in [1.54, 1.807) is 12.3 Å². The zero-order chi connectivity index (χ0) is 23.3. The van der Waals surface area contributed by atoms with E-state index in [4.69, 9.17) is 0 Å². The van der Waals surface area contributed by atoms with Crippen molar-refractivity contribution in [2.45, 2.75) is 27.3 Å². The molecule has 0 aliphatic rings. The van der Waals surface area contributed by atoms with Gasteiger partial charge in [0.1, 0.15) is 11.5 Å². The summed E-state index contributed by atoms with van der Waals surface area (Å²) in [6.07, 6.45) is 1.77. The van der Waals surface area contributed by atoms with Crippen molar-refractivity contribution >= 4 is 34.9 Å². The summed E-state index contributed by atoms with van der Waals surface area (Å²) in [5.74, 6) is 0.433. The molecule has 0 atom stereocenters. The maximum absolute atomic E-state index is 12.5. The molecule has 0 aliphatic heterocycles. The summed E-state index contributed by atoms with van der Waals surface area (Å²) < 4.78 is 1.91. The van der Waals surface area contributed by atoms with Crippen molar-refractivity contribution < 1.29 is 14.4 Å². The van der Waals surface area contributed by atoms with Gasteiger partial charge < -0.3 is 20.9 Å². The number of aromatic nitrogens is 2. The summed E-state index contributed by atoms with van der Waals surface area (Å²) in [5, 5.41) is 8.21. The minimum absolute atomic E-state index is 0.105. The minimum Gasteiger partial charge on any atom is -0.355 e. The summed E-state index contributed by atoms with van der Waals surface area (Å²) in [6.45, 7) is 6.20. The predicted octanol–water partition coefficient (Wildman–Crippen LogP) is 2.10. The number of rotatable bonds is 8. The third kappa shape index (κ3) is 5.63. The van der Waals surface area contributed by atoms with Crippen LogP contribution in [0.2, 0.25) is 0 Å². The Morgan fingerprint density at radius 3 is 2.31 bits per heavy atom. The Morgan fingerprint density at radius 1 is 0.969 bits per heavy atom. The van der Waals surface area contributed by atoms with E-state index < -0.39 is 0 Å². The number of hydrogen-bond donors (Lipinski definition) is 3. The number of fused-ring (bicyclic) bond motifs is 1. The molecule has 9 nitrogen and oxygen atoms in total. The predicted molar refractivity (Wildman–Crippen MR) is 124 cm³/mol. The molecule has 0 saturated heterocycles. The Kier molecular flexibility index (Phi) is 7.09. The molecule has 0 spiro atoms. The molecular formula is C23H28N6O3. The van der Waals surface area contributed by atoms with E-state index in [2.05, 4.69) is 25.8 Å². The molecule has 168 valence electrons. The molecule has 9 heteroatoms. The lowest BCUT2D eigenvalue weighted by Crippen LogP contribution is -2.33. The first kappa shape index (κ1) is 22.8. The van der Waals surface area contributed by atoms with Crippen molar-refractivity contribution in [1.29, 1.82) is 0 Å². The van der Waals surface area contributed by atoms with Gasteiger partial charge in [0.15, 0.2) is 0 Å². The first-order chi connectivity index (χ1) is 15.2. The van der Waals surface area contributed by atoms with Crippen LogP contribution < -0.4 is 20.9 Å². The quantitative estimate of drug-likeness (QED) is 0.469. The number of nitrogens with one attached hydrogen (secondary N) is 3. The van der Waals surface area contributed by atoms with Crippen LogP contribution in [-0.2, 0) is 16.1 Å². The summed E-state index contributed by atoms with van der Waals surface area (Å²) in [5.41, 5.74) is 3.93. The van der Waals surface area contributed by atoms with E-state index in [0.29, 0.717) is 25.2 Å². The first-order valence-corrected chi connectivity index (χ1v) is 10.3. The van der Waals surface area contributed by atoms with Crippen molar-refractivity contribution in [2.24, 2.45) is 0 Å². The van der Waals surface area contributed by atoms with E-state index in [0.717, 1.165) is 28.4 Å². The lowest BCUT2D eigenvalue weighted by Gasteiger charge is -2.20. The van der Waals surface area contributed by atoms with E-state index in [9.17, 15) is 14.4 Å². The van der Waals surface area contributed by atoms with Gasteiger partial charge in [0.05, 0.1) is 11.3 Å². The maximum atomic E-state index is 12.5. The molecule has 1 aromatic carbocycles. The van der Waals surface area contributed by atoms with Crippen LogP contribution in [0, 0.1) is 6.92 Å². The minimum atomic E-state index is -0.217. The number of carbonyl (C=O) groups is 3. The second kappa shape index (κ2) is 9.95. The van der Waals surface area contributed by atoms with E-state index in [1.807, 2.05) is 48.7 Å². The average Bonchev–Trinajstić information content (AvgIpc) is 3.06.